The van der Waals surface area contributed by atoms with Gasteiger partial charge in [-0.3, -0.25) is 4.79 Å². The number of aromatic nitrogens is 2. The Hall–Kier alpha value is -2.95. The first-order valence-electron chi connectivity index (χ1n) is 9.12. The molecule has 1 aromatic heterocycles. The lowest BCUT2D eigenvalue weighted by Gasteiger charge is -2.38. The van der Waals surface area contributed by atoms with E-state index in [1.54, 1.807) is 24.3 Å². The highest BCUT2D eigenvalue weighted by Gasteiger charge is 2.39. The quantitative estimate of drug-likeness (QED) is 0.666. The molecule has 30 heavy (non-hydrogen) atoms. The van der Waals surface area contributed by atoms with E-state index in [0.29, 0.717) is 5.02 Å². The molecule has 2 unspecified atom stereocenters. The number of alkyl halides is 2. The Balaban J connectivity index is 1.96. The largest absolute Gasteiger partial charge is 0.362 e. The maximum Gasteiger partial charge on any atom is 0.272 e. The number of carbonyl (C=O) groups excluding carboxylic acids is 1. The van der Waals surface area contributed by atoms with E-state index in [9.17, 15) is 13.6 Å². The van der Waals surface area contributed by atoms with Crippen LogP contribution in [-0.2, 0) is 16.9 Å². The summed E-state index contributed by atoms with van der Waals surface area (Å²) in [4.78, 5) is 12.9. The Morgan fingerprint density at radius 1 is 1.40 bits per heavy atom. The highest BCUT2D eigenvalue weighted by atomic mass is 35.5. The number of nitrogens with zero attached hydrogens (tertiary/aromatic N) is 2. The molecule has 0 saturated carbocycles. The van der Waals surface area contributed by atoms with E-state index in [-0.39, 0.29) is 18.8 Å². The standard InChI is InChI=1S/C22H20ClF2N3O2/c1-3-11-22(15-7-9-16(23)10-8-15)12-5-4-6-18(22)26-21(29)19-17(20(24)25)13-28(27-19)14-30-2/h1,4-10,12-13,18,20H,11,14H2,2H3,(H,26,29). The highest BCUT2D eigenvalue weighted by Crippen LogP contribution is 2.37. The van der Waals surface area contributed by atoms with Gasteiger partial charge in [0.2, 0.25) is 0 Å². The number of allylic oxidation sites excluding steroid dienone is 2. The van der Waals surface area contributed by atoms with Crippen LogP contribution in [0.2, 0.25) is 5.02 Å². The fraction of sp³-hybridized carbons (Fsp3) is 0.273. The minimum atomic E-state index is -2.86. The summed E-state index contributed by atoms with van der Waals surface area (Å²) in [5, 5.41) is 7.35. The molecule has 8 heteroatoms. The lowest BCUT2D eigenvalue weighted by molar-refractivity contribution is 0.0909. The van der Waals surface area contributed by atoms with Crippen LogP contribution in [0.1, 0.15) is 34.5 Å². The molecule has 0 saturated heterocycles. The van der Waals surface area contributed by atoms with Gasteiger partial charge in [-0.2, -0.15) is 5.10 Å². The zero-order valence-corrected chi connectivity index (χ0v) is 16.9. The predicted octanol–water partition coefficient (Wildman–Crippen LogP) is 4.26. The smallest absolute Gasteiger partial charge is 0.272 e. The Kier molecular flexibility index (Phi) is 6.70. The monoisotopic (exact) mass is 431 g/mol. The maximum absolute atomic E-state index is 13.5. The van der Waals surface area contributed by atoms with E-state index >= 15 is 0 Å². The third kappa shape index (κ3) is 4.30. The summed E-state index contributed by atoms with van der Waals surface area (Å²) in [5.74, 6) is 1.94. The third-order valence-corrected chi connectivity index (χ3v) is 5.18. The number of carbonyl (C=O) groups is 1. The number of rotatable bonds is 7. The number of hydrogen-bond donors (Lipinski definition) is 1. The summed E-state index contributed by atoms with van der Waals surface area (Å²) in [6.07, 6.45) is 11.5. The third-order valence-electron chi connectivity index (χ3n) is 4.93. The van der Waals surface area contributed by atoms with Gasteiger partial charge in [0.15, 0.2) is 5.69 Å². The van der Waals surface area contributed by atoms with Gasteiger partial charge in [0.25, 0.3) is 12.3 Å². The summed E-state index contributed by atoms with van der Waals surface area (Å²) >= 11 is 6.01. The van der Waals surface area contributed by atoms with E-state index in [1.807, 2.05) is 24.3 Å². The van der Waals surface area contributed by atoms with E-state index < -0.39 is 29.4 Å². The summed E-state index contributed by atoms with van der Waals surface area (Å²) in [5.41, 5.74) is -0.733. The topological polar surface area (TPSA) is 56.2 Å². The van der Waals surface area contributed by atoms with Crippen molar-refractivity contribution in [1.82, 2.24) is 15.1 Å². The first kappa shape index (κ1) is 21.8. The van der Waals surface area contributed by atoms with Crippen molar-refractivity contribution in [2.75, 3.05) is 7.11 Å². The number of hydrogen-bond acceptors (Lipinski definition) is 3. The Labute approximate surface area is 178 Å². The Morgan fingerprint density at radius 2 is 2.13 bits per heavy atom. The summed E-state index contributed by atoms with van der Waals surface area (Å²) in [6.45, 7) is -0.0507. The molecule has 0 radical (unpaired) electrons. The molecule has 0 fully saturated rings. The van der Waals surface area contributed by atoms with Crippen LogP contribution in [0.3, 0.4) is 0 Å². The molecule has 1 aliphatic carbocycles. The molecule has 1 aliphatic rings. The minimum absolute atomic E-state index is 0.0507. The van der Waals surface area contributed by atoms with Gasteiger partial charge in [0.1, 0.15) is 6.73 Å². The van der Waals surface area contributed by atoms with Crippen molar-refractivity contribution in [1.29, 1.82) is 0 Å². The number of terminal acetylenes is 1. The van der Waals surface area contributed by atoms with Gasteiger partial charge in [-0.05, 0) is 17.7 Å². The number of nitrogens with one attached hydrogen (secondary N) is 1. The molecule has 0 bridgehead atoms. The SMILES string of the molecule is C#CCC1(c2ccc(Cl)cc2)C=CC=CC1NC(=O)c1nn(COC)cc1C(F)F. The van der Waals surface area contributed by atoms with Gasteiger partial charge < -0.3 is 10.1 Å². The van der Waals surface area contributed by atoms with Crippen LogP contribution in [0.5, 0.6) is 0 Å². The van der Waals surface area contributed by atoms with Crippen LogP contribution in [-0.4, -0.2) is 28.8 Å². The predicted molar refractivity (Wildman–Crippen MR) is 110 cm³/mol. The number of amides is 1. The fourth-order valence-electron chi connectivity index (χ4n) is 3.51. The van der Waals surface area contributed by atoms with Gasteiger partial charge in [0, 0.05) is 30.2 Å². The van der Waals surface area contributed by atoms with E-state index in [4.69, 9.17) is 22.8 Å². The lowest BCUT2D eigenvalue weighted by Crippen LogP contribution is -2.49. The minimum Gasteiger partial charge on any atom is -0.362 e. The van der Waals surface area contributed by atoms with Crippen LogP contribution < -0.4 is 5.32 Å². The van der Waals surface area contributed by atoms with Gasteiger partial charge in [-0.15, -0.1) is 12.3 Å². The molecular weight excluding hydrogens is 412 g/mol. The highest BCUT2D eigenvalue weighted by molar-refractivity contribution is 6.30. The van der Waals surface area contributed by atoms with Gasteiger partial charge in [-0.1, -0.05) is 48.0 Å². The summed E-state index contributed by atoms with van der Waals surface area (Å²) < 4.78 is 33.0. The zero-order chi connectivity index (χ0) is 21.7. The summed E-state index contributed by atoms with van der Waals surface area (Å²) in [7, 11) is 1.41. The average Bonchev–Trinajstić information content (AvgIpc) is 3.15. The van der Waals surface area contributed by atoms with Gasteiger partial charge >= 0.3 is 0 Å². The first-order chi connectivity index (χ1) is 14.4. The molecule has 3 rings (SSSR count). The Bertz CT molecular complexity index is 1010. The van der Waals surface area contributed by atoms with Crippen molar-refractivity contribution in [2.24, 2.45) is 0 Å². The molecule has 2 atom stereocenters. The summed E-state index contributed by atoms with van der Waals surface area (Å²) in [6, 6.07) is 6.56. The molecule has 1 aromatic carbocycles. The molecule has 156 valence electrons. The van der Waals surface area contributed by atoms with Gasteiger partial charge in [0.05, 0.1) is 11.6 Å². The van der Waals surface area contributed by atoms with E-state index in [1.165, 1.54) is 7.11 Å². The number of methoxy groups -OCH3 is 1. The van der Waals surface area contributed by atoms with E-state index in [0.717, 1.165) is 16.4 Å². The molecule has 0 spiro atoms. The van der Waals surface area contributed by atoms with Gasteiger partial charge in [-0.25, -0.2) is 13.5 Å². The Morgan fingerprint density at radius 3 is 2.77 bits per heavy atom. The fourth-order valence-corrected chi connectivity index (χ4v) is 3.64. The van der Waals surface area contributed by atoms with Crippen molar-refractivity contribution >= 4 is 17.5 Å². The molecule has 2 aromatic rings. The number of ether oxygens (including phenoxy) is 1. The second kappa shape index (κ2) is 9.24. The second-order valence-corrected chi connectivity index (χ2v) is 7.25. The molecule has 1 amide bonds. The van der Waals surface area contributed by atoms with E-state index in [2.05, 4.69) is 16.3 Å². The normalized spacial score (nSPS) is 20.3. The number of benzene rings is 1. The van der Waals surface area contributed by atoms with Crippen molar-refractivity contribution in [3.8, 4) is 12.3 Å². The maximum atomic E-state index is 13.5. The molecular formula is C22H20ClF2N3O2. The molecule has 0 aliphatic heterocycles. The number of halogens is 3. The van der Waals surface area contributed by atoms with Crippen LogP contribution in [0.15, 0.2) is 54.8 Å². The van der Waals surface area contributed by atoms with Crippen molar-refractivity contribution in [2.45, 2.75) is 31.0 Å². The second-order valence-electron chi connectivity index (χ2n) is 6.81. The van der Waals surface area contributed by atoms with Crippen molar-refractivity contribution in [3.05, 3.63) is 76.6 Å². The van der Waals surface area contributed by atoms with Crippen molar-refractivity contribution < 1.29 is 18.3 Å². The molecule has 1 N–H and O–H groups in total. The average molecular weight is 432 g/mol. The van der Waals surface area contributed by atoms with Crippen LogP contribution in [0, 0.1) is 12.3 Å². The zero-order valence-electron chi connectivity index (χ0n) is 16.2. The lowest BCUT2D eigenvalue weighted by atomic mass is 9.69. The first-order valence-corrected chi connectivity index (χ1v) is 9.50. The molecule has 5 nitrogen and oxygen atoms in total. The van der Waals surface area contributed by atoms with Crippen LogP contribution in [0.4, 0.5) is 8.78 Å². The molecule has 1 heterocycles. The van der Waals surface area contributed by atoms with Crippen LogP contribution in [0.25, 0.3) is 0 Å². The van der Waals surface area contributed by atoms with Crippen molar-refractivity contribution in [3.63, 3.8) is 0 Å². The van der Waals surface area contributed by atoms with Crippen LogP contribution >= 0.6 is 11.6 Å².